The Balaban J connectivity index is 1.57. The molecule has 1 saturated carbocycles. The number of nitrogens with zero attached hydrogens (tertiary/aromatic N) is 2. The zero-order valence-electron chi connectivity index (χ0n) is 13.5. The number of pyridine rings is 1. The molecule has 1 saturated heterocycles. The van der Waals surface area contributed by atoms with Gasteiger partial charge in [0.05, 0.1) is 11.9 Å². The van der Waals surface area contributed by atoms with Crippen LogP contribution in [0.2, 0.25) is 0 Å². The fourth-order valence-corrected chi connectivity index (χ4v) is 3.70. The minimum absolute atomic E-state index is 0.624. The van der Waals surface area contributed by atoms with Crippen LogP contribution in [0, 0.1) is 11.8 Å². The second-order valence-corrected chi connectivity index (χ2v) is 7.06. The molecule has 1 aliphatic heterocycles. The molecule has 0 bridgehead atoms. The molecule has 0 amide bonds. The fraction of sp³-hybridized carbons (Fsp3) is 0.722. The lowest BCUT2D eigenvalue weighted by Crippen LogP contribution is -2.31. The maximum absolute atomic E-state index is 4.67. The second kappa shape index (κ2) is 6.67. The molecule has 3 unspecified atom stereocenters. The zero-order chi connectivity index (χ0) is 14.7. The first kappa shape index (κ1) is 14.7. The van der Waals surface area contributed by atoms with Gasteiger partial charge in [0, 0.05) is 19.1 Å². The molecule has 1 aromatic heterocycles. The van der Waals surface area contributed by atoms with Crippen molar-refractivity contribution in [1.29, 1.82) is 0 Å². The maximum Gasteiger partial charge on any atom is 0.128 e. The molecule has 3 rings (SSSR count). The van der Waals surface area contributed by atoms with Crippen LogP contribution in [0.3, 0.4) is 0 Å². The highest BCUT2D eigenvalue weighted by Gasteiger charge is 2.24. The van der Waals surface area contributed by atoms with Gasteiger partial charge in [-0.2, -0.15) is 0 Å². The Morgan fingerprint density at radius 3 is 2.52 bits per heavy atom. The lowest BCUT2D eigenvalue weighted by molar-refractivity contribution is 0.261. The van der Waals surface area contributed by atoms with Gasteiger partial charge < -0.3 is 10.2 Å². The van der Waals surface area contributed by atoms with Gasteiger partial charge >= 0.3 is 0 Å². The van der Waals surface area contributed by atoms with E-state index in [0.717, 1.165) is 30.7 Å². The quantitative estimate of drug-likeness (QED) is 0.898. The molecule has 1 N–H and O–H groups in total. The van der Waals surface area contributed by atoms with Gasteiger partial charge in [0.2, 0.25) is 0 Å². The molecular formula is C18H29N3. The highest BCUT2D eigenvalue weighted by atomic mass is 15.2. The third kappa shape index (κ3) is 3.69. The minimum atomic E-state index is 0.624. The Hall–Kier alpha value is -1.25. The lowest BCUT2D eigenvalue weighted by Gasteiger charge is -2.33. The largest absolute Gasteiger partial charge is 0.381 e. The average Bonchev–Trinajstić information content (AvgIpc) is 2.53. The van der Waals surface area contributed by atoms with E-state index in [0.29, 0.717) is 6.04 Å². The van der Waals surface area contributed by atoms with E-state index in [4.69, 9.17) is 0 Å². The van der Waals surface area contributed by atoms with Crippen molar-refractivity contribution in [2.24, 2.45) is 11.8 Å². The van der Waals surface area contributed by atoms with Crippen molar-refractivity contribution >= 4 is 11.5 Å². The number of hydrogen-bond donors (Lipinski definition) is 1. The van der Waals surface area contributed by atoms with E-state index in [2.05, 4.69) is 41.2 Å². The summed E-state index contributed by atoms with van der Waals surface area (Å²) in [6, 6.07) is 5.01. The first-order valence-corrected chi connectivity index (χ1v) is 8.70. The van der Waals surface area contributed by atoms with Gasteiger partial charge in [-0.3, -0.25) is 0 Å². The number of aromatic nitrogens is 1. The first-order valence-electron chi connectivity index (χ1n) is 8.70. The Bertz CT molecular complexity index is 436. The number of hydrogen-bond acceptors (Lipinski definition) is 3. The first-order chi connectivity index (χ1) is 10.2. The topological polar surface area (TPSA) is 28.2 Å². The summed E-state index contributed by atoms with van der Waals surface area (Å²) in [4.78, 5) is 7.08. The number of anilines is 2. The SMILES string of the molecule is CC1CCC(Nc2ccc(N3CCCCC3)nc2)CC1C. The van der Waals surface area contributed by atoms with Crippen molar-refractivity contribution in [3.05, 3.63) is 18.3 Å². The van der Waals surface area contributed by atoms with Crippen LogP contribution in [0.25, 0.3) is 0 Å². The second-order valence-electron chi connectivity index (χ2n) is 7.06. The van der Waals surface area contributed by atoms with E-state index < -0.39 is 0 Å². The van der Waals surface area contributed by atoms with Crippen LogP contribution in [0.4, 0.5) is 11.5 Å². The van der Waals surface area contributed by atoms with Crippen LogP contribution < -0.4 is 10.2 Å². The summed E-state index contributed by atoms with van der Waals surface area (Å²) in [6.45, 7) is 7.10. The predicted molar refractivity (Wildman–Crippen MR) is 89.9 cm³/mol. The summed E-state index contributed by atoms with van der Waals surface area (Å²) in [6.07, 6.45) is 9.92. The van der Waals surface area contributed by atoms with Gasteiger partial charge in [0.1, 0.15) is 5.82 Å². The molecule has 3 atom stereocenters. The highest BCUT2D eigenvalue weighted by Crippen LogP contribution is 2.31. The Morgan fingerprint density at radius 2 is 1.86 bits per heavy atom. The average molecular weight is 287 g/mol. The molecule has 3 heteroatoms. The predicted octanol–water partition coefficient (Wildman–Crippen LogP) is 4.31. The van der Waals surface area contributed by atoms with Crippen molar-refractivity contribution in [2.75, 3.05) is 23.3 Å². The minimum Gasteiger partial charge on any atom is -0.381 e. The molecule has 0 aromatic carbocycles. The molecule has 2 heterocycles. The van der Waals surface area contributed by atoms with Crippen LogP contribution in [0.5, 0.6) is 0 Å². The van der Waals surface area contributed by atoms with Gasteiger partial charge in [-0.15, -0.1) is 0 Å². The third-order valence-electron chi connectivity index (χ3n) is 5.40. The van der Waals surface area contributed by atoms with Crippen LogP contribution in [-0.2, 0) is 0 Å². The van der Waals surface area contributed by atoms with Crippen molar-refractivity contribution in [1.82, 2.24) is 4.98 Å². The summed E-state index contributed by atoms with van der Waals surface area (Å²) >= 11 is 0. The summed E-state index contributed by atoms with van der Waals surface area (Å²) in [5, 5.41) is 3.68. The van der Waals surface area contributed by atoms with Crippen molar-refractivity contribution < 1.29 is 0 Å². The normalized spacial score (nSPS) is 30.2. The van der Waals surface area contributed by atoms with Gasteiger partial charge in [0.25, 0.3) is 0 Å². The van der Waals surface area contributed by atoms with Crippen LogP contribution in [0.1, 0.15) is 52.4 Å². The molecule has 0 spiro atoms. The van der Waals surface area contributed by atoms with Gasteiger partial charge in [0.15, 0.2) is 0 Å². The molecule has 3 nitrogen and oxygen atoms in total. The standard InChI is InChI=1S/C18H29N3/c1-14-6-7-16(12-15(14)2)20-17-8-9-18(19-13-17)21-10-4-3-5-11-21/h8-9,13-16,20H,3-7,10-12H2,1-2H3. The summed E-state index contributed by atoms with van der Waals surface area (Å²) in [5.41, 5.74) is 1.18. The van der Waals surface area contributed by atoms with E-state index in [-0.39, 0.29) is 0 Å². The molecule has 1 aliphatic carbocycles. The Labute approximate surface area is 129 Å². The number of piperidine rings is 1. The van der Waals surface area contributed by atoms with E-state index >= 15 is 0 Å². The molecule has 1 aromatic rings. The molecular weight excluding hydrogens is 258 g/mol. The van der Waals surface area contributed by atoms with Crippen LogP contribution >= 0.6 is 0 Å². The molecule has 0 radical (unpaired) electrons. The summed E-state index contributed by atoms with van der Waals surface area (Å²) < 4.78 is 0. The summed E-state index contributed by atoms with van der Waals surface area (Å²) in [5.74, 6) is 2.85. The van der Waals surface area contributed by atoms with Crippen molar-refractivity contribution in [3.8, 4) is 0 Å². The van der Waals surface area contributed by atoms with E-state index in [9.17, 15) is 0 Å². The molecule has 2 fully saturated rings. The van der Waals surface area contributed by atoms with Gasteiger partial charge in [-0.25, -0.2) is 4.98 Å². The lowest BCUT2D eigenvalue weighted by atomic mass is 9.79. The molecule has 116 valence electrons. The van der Waals surface area contributed by atoms with E-state index in [1.165, 1.54) is 44.2 Å². The number of nitrogens with one attached hydrogen (secondary N) is 1. The maximum atomic E-state index is 4.67. The van der Waals surface area contributed by atoms with Crippen molar-refractivity contribution in [2.45, 2.75) is 58.4 Å². The number of rotatable bonds is 3. The van der Waals surface area contributed by atoms with Gasteiger partial charge in [-0.05, 0) is 62.5 Å². The Morgan fingerprint density at radius 1 is 1.05 bits per heavy atom. The zero-order valence-corrected chi connectivity index (χ0v) is 13.5. The van der Waals surface area contributed by atoms with Gasteiger partial charge in [-0.1, -0.05) is 13.8 Å². The van der Waals surface area contributed by atoms with E-state index in [1.807, 2.05) is 6.20 Å². The Kier molecular flexibility index (Phi) is 4.67. The van der Waals surface area contributed by atoms with Crippen LogP contribution in [-0.4, -0.2) is 24.1 Å². The van der Waals surface area contributed by atoms with Crippen molar-refractivity contribution in [3.63, 3.8) is 0 Å². The monoisotopic (exact) mass is 287 g/mol. The smallest absolute Gasteiger partial charge is 0.128 e. The van der Waals surface area contributed by atoms with Crippen LogP contribution in [0.15, 0.2) is 18.3 Å². The highest BCUT2D eigenvalue weighted by molar-refractivity contribution is 5.49. The molecule has 21 heavy (non-hydrogen) atoms. The summed E-state index contributed by atoms with van der Waals surface area (Å²) in [7, 11) is 0. The molecule has 2 aliphatic rings. The van der Waals surface area contributed by atoms with E-state index in [1.54, 1.807) is 0 Å². The fourth-order valence-electron chi connectivity index (χ4n) is 3.70. The third-order valence-corrected chi connectivity index (χ3v) is 5.40.